The first-order chi connectivity index (χ1) is 0. The van der Waals surface area contributed by atoms with Crippen LogP contribution in [0.15, 0.2) is 0 Å². The van der Waals surface area contributed by atoms with Crippen molar-refractivity contribution in [2.45, 2.75) is 0 Å². The molecule has 3 radical (unpaired) electrons. The van der Waals surface area contributed by atoms with Crippen molar-refractivity contribution in [3.05, 3.63) is 0 Å². The molecule has 0 spiro atoms. The molecule has 5 heavy (non-hydrogen) atoms. The number of hydrogen-bond acceptors (Lipinski definition) is 0. The van der Waals surface area contributed by atoms with Gasteiger partial charge in [-0.05, 0) is 0 Å². The van der Waals surface area contributed by atoms with Crippen LogP contribution in [0.3, 0.4) is 0 Å². The van der Waals surface area contributed by atoms with Gasteiger partial charge in [0.1, 0.15) is 0 Å². The third-order valence-electron chi connectivity index (χ3n) is 0. The maximum Gasteiger partial charge on any atom is 0 e. The molecule has 27 valence electrons. The zero-order chi connectivity index (χ0) is 0. The smallest absolute Gasteiger partial charge is 0 e. The van der Waals surface area contributed by atoms with E-state index in [9.17, 15) is 0 Å². The standard InChI is InChI=1S/Ba.H2O.Pt.U.Y/h;1H2;;;. The summed E-state index contributed by atoms with van der Waals surface area (Å²) in [4.78, 5) is 0. The molecule has 0 amide bonds. The molecule has 0 fully saturated rings. The topological polar surface area (TPSA) is 31.5 Å². The van der Waals surface area contributed by atoms with E-state index in [1.165, 1.54) is 0 Å². The van der Waals surface area contributed by atoms with E-state index in [1.807, 2.05) is 0 Å². The van der Waals surface area contributed by atoms with Gasteiger partial charge in [0.2, 0.25) is 0 Å². The zero-order valence-corrected chi connectivity index (χ0v) is 16.3. The Labute approximate surface area is 135 Å². The molecule has 0 atom stereocenters. The summed E-state index contributed by atoms with van der Waals surface area (Å²) in [6.45, 7) is 0. The van der Waals surface area contributed by atoms with Gasteiger partial charge in [-0.3, -0.25) is 0 Å². The maximum atomic E-state index is 0. The first kappa shape index (κ1) is 34.4. The van der Waals surface area contributed by atoms with Gasteiger partial charge in [-0.25, -0.2) is 0 Å². The summed E-state index contributed by atoms with van der Waals surface area (Å²) >= 11 is 0. The van der Waals surface area contributed by atoms with Gasteiger partial charge in [-0.2, -0.15) is 0 Å². The van der Waals surface area contributed by atoms with Gasteiger partial charge >= 0.3 is 0 Å². The molecule has 0 aliphatic heterocycles. The summed E-state index contributed by atoms with van der Waals surface area (Å²) < 4.78 is 0. The minimum absolute atomic E-state index is 0. The second-order valence-corrected chi connectivity index (χ2v) is 0. The average Bonchev–Trinajstić information content (AvgIpc) is 0. The summed E-state index contributed by atoms with van der Waals surface area (Å²) in [5.74, 6) is 0. The second-order valence-electron chi connectivity index (χ2n) is 0. The molecule has 0 aliphatic carbocycles. The summed E-state index contributed by atoms with van der Waals surface area (Å²) in [5.41, 5.74) is 0. The minimum Gasteiger partial charge on any atom is -0.412 e. The predicted molar refractivity (Wildman–Crippen MR) is 9.37 cm³/mol. The van der Waals surface area contributed by atoms with E-state index in [1.54, 1.807) is 0 Å². The van der Waals surface area contributed by atoms with E-state index >= 15 is 0 Å². The Kier molecular flexibility index (Phi) is 164. The Hall–Kier alpha value is 4.38. The molecule has 1 nitrogen and oxygen atoms in total. The van der Waals surface area contributed by atoms with Crippen molar-refractivity contribution in [1.82, 2.24) is 0 Å². The molecule has 0 aromatic carbocycles. The maximum absolute atomic E-state index is 0. The molecular weight excluding hydrogens is 675 g/mol. The zero-order valence-electron chi connectivity index (χ0n) is 2.60. The van der Waals surface area contributed by atoms with Crippen molar-refractivity contribution in [1.29, 1.82) is 0 Å². The molecular formula is H2BaOPtUY. The normalized spacial score (nSPS) is 0. The molecule has 0 aromatic heterocycles. The van der Waals surface area contributed by atoms with Crippen LogP contribution in [0, 0.1) is 31.1 Å². The van der Waals surface area contributed by atoms with E-state index in [0.717, 1.165) is 0 Å². The van der Waals surface area contributed by atoms with Crippen LogP contribution in [-0.2, 0) is 53.8 Å². The average molecular weight is 677 g/mol. The molecule has 0 heterocycles. The van der Waals surface area contributed by atoms with Crippen molar-refractivity contribution in [3.8, 4) is 0 Å². The molecule has 0 aromatic rings. The molecule has 5 heteroatoms. The molecule has 0 bridgehead atoms. The second kappa shape index (κ2) is 23.8. The van der Waals surface area contributed by atoms with E-state index in [0.29, 0.717) is 0 Å². The number of hydrogen-bond donors (Lipinski definition) is 0. The molecule has 0 rings (SSSR count). The van der Waals surface area contributed by atoms with Crippen LogP contribution in [-0.4, -0.2) is 54.4 Å². The molecule has 2 N–H and O–H groups in total. The van der Waals surface area contributed by atoms with Gasteiger partial charge in [0.05, 0.1) is 0 Å². The Morgan fingerprint density at radius 1 is 1.00 bits per heavy atom. The summed E-state index contributed by atoms with van der Waals surface area (Å²) in [6, 6.07) is 0. The quantitative estimate of drug-likeness (QED) is 0.289. The van der Waals surface area contributed by atoms with Crippen LogP contribution in [0.25, 0.3) is 0 Å². The fraction of sp³-hybridized carbons (Fsp3) is 0. The van der Waals surface area contributed by atoms with Crippen LogP contribution in [0.5, 0.6) is 0 Å². The molecule has 0 saturated carbocycles. The van der Waals surface area contributed by atoms with E-state index < -0.39 is 0 Å². The largest absolute Gasteiger partial charge is 0.412 e. The Morgan fingerprint density at radius 3 is 1.00 bits per heavy atom. The van der Waals surface area contributed by atoms with Crippen molar-refractivity contribution in [2.24, 2.45) is 0 Å². The van der Waals surface area contributed by atoms with Gasteiger partial charge in [0.25, 0.3) is 0 Å². The van der Waals surface area contributed by atoms with Crippen molar-refractivity contribution in [2.75, 3.05) is 0 Å². The summed E-state index contributed by atoms with van der Waals surface area (Å²) in [5, 5.41) is 0. The Balaban J connectivity index is 0. The fourth-order valence-corrected chi connectivity index (χ4v) is 0. The van der Waals surface area contributed by atoms with E-state index in [2.05, 4.69) is 0 Å². The Bertz CT molecular complexity index is 11.6. The third-order valence-corrected chi connectivity index (χ3v) is 0. The van der Waals surface area contributed by atoms with Gasteiger partial charge in [-0.1, -0.05) is 0 Å². The van der Waals surface area contributed by atoms with Gasteiger partial charge in [0.15, 0.2) is 0 Å². The van der Waals surface area contributed by atoms with Gasteiger partial charge in [-0.15, -0.1) is 0 Å². The van der Waals surface area contributed by atoms with Crippen molar-refractivity contribution in [3.63, 3.8) is 0 Å². The first-order valence-corrected chi connectivity index (χ1v) is 0. The number of rotatable bonds is 0. The summed E-state index contributed by atoms with van der Waals surface area (Å²) in [6.07, 6.45) is 0. The SMILES string of the molecule is O.[Ba].[Pt].[U].[Y]. The fourth-order valence-electron chi connectivity index (χ4n) is 0. The van der Waals surface area contributed by atoms with Crippen LogP contribution >= 0.6 is 0 Å². The van der Waals surface area contributed by atoms with Gasteiger partial charge < -0.3 is 5.48 Å². The Morgan fingerprint density at radius 2 is 1.00 bits per heavy atom. The van der Waals surface area contributed by atoms with Crippen LogP contribution in [0.4, 0.5) is 0 Å². The first-order valence-electron chi connectivity index (χ1n) is 0. The van der Waals surface area contributed by atoms with Gasteiger partial charge in [0, 0.05) is 134 Å². The predicted octanol–water partition coefficient (Wildman–Crippen LogP) is -1.21. The minimum atomic E-state index is 0. The van der Waals surface area contributed by atoms with E-state index in [-0.39, 0.29) is 139 Å². The van der Waals surface area contributed by atoms with Crippen LogP contribution in [0.1, 0.15) is 0 Å². The van der Waals surface area contributed by atoms with Crippen LogP contribution in [0.2, 0.25) is 0 Å². The molecule has 0 unspecified atom stereocenters. The third kappa shape index (κ3) is 17.8. The van der Waals surface area contributed by atoms with E-state index in [4.69, 9.17) is 0 Å². The van der Waals surface area contributed by atoms with Crippen molar-refractivity contribution >= 4 is 48.9 Å². The molecule has 0 aliphatic rings. The van der Waals surface area contributed by atoms with Crippen LogP contribution < -0.4 is 0 Å². The van der Waals surface area contributed by atoms with Crippen molar-refractivity contribution < 1.29 is 90.4 Å². The monoisotopic (exact) mass is 678 g/mol. The summed E-state index contributed by atoms with van der Waals surface area (Å²) in [7, 11) is 0. The molecule has 0 saturated heterocycles.